The minimum atomic E-state index is 0. The predicted molar refractivity (Wildman–Crippen MR) is 88.4 cm³/mol. The zero-order chi connectivity index (χ0) is 13.7. The first-order valence-corrected chi connectivity index (χ1v) is 7.99. The molecule has 1 aliphatic rings. The summed E-state index contributed by atoms with van der Waals surface area (Å²) in [4.78, 5) is 14.1. The normalized spacial score (nSPS) is 17.9. The lowest BCUT2D eigenvalue weighted by Crippen LogP contribution is -2.40. The lowest BCUT2D eigenvalue weighted by atomic mass is 10.2. The Morgan fingerprint density at radius 3 is 3.00 bits per heavy atom. The molecule has 0 bridgehead atoms. The van der Waals surface area contributed by atoms with Crippen LogP contribution in [0.5, 0.6) is 0 Å². The molecule has 0 spiro atoms. The highest BCUT2D eigenvalue weighted by atomic mass is 35.5. The summed E-state index contributed by atoms with van der Waals surface area (Å²) in [5, 5.41) is 0. The standard InChI is InChI=1S/C15H22N2OS.ClH/c1-12-4-2-5-13(8-12)10-19-11-15(18)17-7-3-6-14(17)9-16;/h2,4-5,8,14H,3,6-7,9-11,16H2,1H3;1H. The molecule has 1 amide bonds. The molecule has 1 unspecified atom stereocenters. The van der Waals surface area contributed by atoms with Gasteiger partial charge in [0.2, 0.25) is 5.91 Å². The number of carbonyl (C=O) groups is 1. The first-order valence-electron chi connectivity index (χ1n) is 6.83. The van der Waals surface area contributed by atoms with Gasteiger partial charge in [-0.2, -0.15) is 0 Å². The minimum absolute atomic E-state index is 0. The Morgan fingerprint density at radius 2 is 2.30 bits per heavy atom. The molecule has 1 aromatic carbocycles. The molecule has 5 heteroatoms. The van der Waals surface area contributed by atoms with E-state index in [-0.39, 0.29) is 24.4 Å². The van der Waals surface area contributed by atoms with Crippen LogP contribution in [-0.4, -0.2) is 35.7 Å². The van der Waals surface area contributed by atoms with Gasteiger partial charge >= 0.3 is 0 Å². The molecule has 1 heterocycles. The summed E-state index contributed by atoms with van der Waals surface area (Å²) in [6.45, 7) is 3.56. The molecule has 112 valence electrons. The fraction of sp³-hybridized carbons (Fsp3) is 0.533. The van der Waals surface area contributed by atoms with Crippen molar-refractivity contribution >= 4 is 30.1 Å². The average molecular weight is 315 g/mol. The number of amides is 1. The van der Waals surface area contributed by atoms with Gasteiger partial charge in [-0.3, -0.25) is 4.79 Å². The van der Waals surface area contributed by atoms with Crippen LogP contribution in [0.3, 0.4) is 0 Å². The van der Waals surface area contributed by atoms with E-state index in [2.05, 4.69) is 31.2 Å². The predicted octanol–water partition coefficient (Wildman–Crippen LogP) is 2.60. The van der Waals surface area contributed by atoms with Gasteiger partial charge in [0.15, 0.2) is 0 Å². The van der Waals surface area contributed by atoms with Crippen molar-refractivity contribution in [1.29, 1.82) is 0 Å². The monoisotopic (exact) mass is 314 g/mol. The first kappa shape index (κ1) is 17.3. The van der Waals surface area contributed by atoms with Crippen LogP contribution in [0, 0.1) is 6.92 Å². The second-order valence-corrected chi connectivity index (χ2v) is 6.09. The largest absolute Gasteiger partial charge is 0.338 e. The van der Waals surface area contributed by atoms with Crippen molar-refractivity contribution in [3.8, 4) is 0 Å². The number of nitrogens with two attached hydrogens (primary N) is 1. The fourth-order valence-electron chi connectivity index (χ4n) is 2.55. The van der Waals surface area contributed by atoms with Gasteiger partial charge in [-0.15, -0.1) is 24.2 Å². The average Bonchev–Trinajstić information content (AvgIpc) is 2.87. The van der Waals surface area contributed by atoms with Gasteiger partial charge in [-0.25, -0.2) is 0 Å². The van der Waals surface area contributed by atoms with Gasteiger partial charge in [0.1, 0.15) is 0 Å². The Kier molecular flexibility index (Phi) is 7.41. The van der Waals surface area contributed by atoms with E-state index in [1.165, 1.54) is 11.1 Å². The molecule has 3 nitrogen and oxygen atoms in total. The molecule has 0 radical (unpaired) electrons. The van der Waals surface area contributed by atoms with E-state index in [0.717, 1.165) is 25.1 Å². The fourth-order valence-corrected chi connectivity index (χ4v) is 3.41. The van der Waals surface area contributed by atoms with Gasteiger partial charge in [-0.05, 0) is 25.3 Å². The number of thioether (sulfide) groups is 1. The van der Waals surface area contributed by atoms with E-state index < -0.39 is 0 Å². The number of benzene rings is 1. The highest BCUT2D eigenvalue weighted by molar-refractivity contribution is 7.99. The summed E-state index contributed by atoms with van der Waals surface area (Å²) >= 11 is 1.69. The van der Waals surface area contributed by atoms with Gasteiger partial charge in [0, 0.05) is 24.9 Å². The highest BCUT2D eigenvalue weighted by Gasteiger charge is 2.26. The summed E-state index contributed by atoms with van der Waals surface area (Å²) in [5.74, 6) is 1.70. The molecule has 1 atom stereocenters. The number of aryl methyl sites for hydroxylation is 1. The van der Waals surface area contributed by atoms with Crippen molar-refractivity contribution in [2.45, 2.75) is 31.6 Å². The van der Waals surface area contributed by atoms with E-state index in [1.54, 1.807) is 11.8 Å². The third-order valence-corrected chi connectivity index (χ3v) is 4.53. The number of rotatable bonds is 5. The lowest BCUT2D eigenvalue weighted by Gasteiger charge is -2.23. The van der Waals surface area contributed by atoms with Gasteiger partial charge in [0.05, 0.1) is 5.75 Å². The van der Waals surface area contributed by atoms with Crippen molar-refractivity contribution in [2.75, 3.05) is 18.8 Å². The number of halogens is 1. The molecular formula is C15H23ClN2OS. The molecule has 0 saturated carbocycles. The number of hydrogen-bond acceptors (Lipinski definition) is 3. The minimum Gasteiger partial charge on any atom is -0.338 e. The van der Waals surface area contributed by atoms with Crippen LogP contribution in [0.4, 0.5) is 0 Å². The van der Waals surface area contributed by atoms with E-state index >= 15 is 0 Å². The Labute approximate surface area is 131 Å². The lowest BCUT2D eigenvalue weighted by molar-refractivity contribution is -0.128. The Balaban J connectivity index is 0.00000200. The Morgan fingerprint density at radius 1 is 1.50 bits per heavy atom. The molecule has 2 N–H and O–H groups in total. The zero-order valence-corrected chi connectivity index (χ0v) is 13.5. The number of hydrogen-bond donors (Lipinski definition) is 1. The summed E-state index contributed by atoms with van der Waals surface area (Å²) in [5.41, 5.74) is 8.25. The van der Waals surface area contributed by atoms with Gasteiger partial charge in [-0.1, -0.05) is 29.8 Å². The van der Waals surface area contributed by atoms with Gasteiger partial charge < -0.3 is 10.6 Å². The maximum absolute atomic E-state index is 12.1. The summed E-state index contributed by atoms with van der Waals surface area (Å²) in [6, 6.07) is 8.72. The topological polar surface area (TPSA) is 46.3 Å². The van der Waals surface area contributed by atoms with Crippen LogP contribution in [0.25, 0.3) is 0 Å². The first-order chi connectivity index (χ1) is 9.20. The van der Waals surface area contributed by atoms with Crippen molar-refractivity contribution < 1.29 is 4.79 Å². The van der Waals surface area contributed by atoms with Crippen molar-refractivity contribution in [3.63, 3.8) is 0 Å². The summed E-state index contributed by atoms with van der Waals surface area (Å²) in [6.07, 6.45) is 2.15. The SMILES string of the molecule is Cc1cccc(CSCC(=O)N2CCCC2CN)c1.Cl. The third-order valence-electron chi connectivity index (χ3n) is 3.55. The van der Waals surface area contributed by atoms with Crippen molar-refractivity contribution in [1.82, 2.24) is 4.90 Å². The zero-order valence-electron chi connectivity index (χ0n) is 11.9. The van der Waals surface area contributed by atoms with E-state index in [9.17, 15) is 4.79 Å². The highest BCUT2D eigenvalue weighted by Crippen LogP contribution is 2.19. The van der Waals surface area contributed by atoms with Crippen LogP contribution in [0.15, 0.2) is 24.3 Å². The van der Waals surface area contributed by atoms with Crippen LogP contribution < -0.4 is 5.73 Å². The number of nitrogens with zero attached hydrogens (tertiary/aromatic N) is 1. The Hall–Kier alpha value is -0.710. The second kappa shape index (κ2) is 8.55. The summed E-state index contributed by atoms with van der Waals surface area (Å²) in [7, 11) is 0. The number of likely N-dealkylation sites (tertiary alicyclic amines) is 1. The van der Waals surface area contributed by atoms with Crippen LogP contribution in [0.1, 0.15) is 24.0 Å². The van der Waals surface area contributed by atoms with Gasteiger partial charge in [0.25, 0.3) is 0 Å². The molecule has 0 aliphatic carbocycles. The molecule has 2 rings (SSSR count). The van der Waals surface area contributed by atoms with Crippen LogP contribution in [-0.2, 0) is 10.5 Å². The van der Waals surface area contributed by atoms with Crippen LogP contribution >= 0.6 is 24.2 Å². The quantitative estimate of drug-likeness (QED) is 0.908. The maximum atomic E-state index is 12.1. The smallest absolute Gasteiger partial charge is 0.232 e. The molecule has 20 heavy (non-hydrogen) atoms. The molecule has 1 fully saturated rings. The molecule has 0 aromatic heterocycles. The molecular weight excluding hydrogens is 292 g/mol. The van der Waals surface area contributed by atoms with E-state index in [4.69, 9.17) is 5.73 Å². The van der Waals surface area contributed by atoms with Crippen LogP contribution in [0.2, 0.25) is 0 Å². The molecule has 1 aliphatic heterocycles. The van der Waals surface area contributed by atoms with Crippen molar-refractivity contribution in [3.05, 3.63) is 35.4 Å². The Bertz CT molecular complexity index is 442. The third kappa shape index (κ3) is 4.69. The summed E-state index contributed by atoms with van der Waals surface area (Å²) < 4.78 is 0. The van der Waals surface area contributed by atoms with E-state index in [1.807, 2.05) is 4.90 Å². The van der Waals surface area contributed by atoms with E-state index in [0.29, 0.717) is 12.3 Å². The molecule has 1 saturated heterocycles. The maximum Gasteiger partial charge on any atom is 0.232 e. The second-order valence-electron chi connectivity index (χ2n) is 5.10. The van der Waals surface area contributed by atoms with Crippen molar-refractivity contribution in [2.24, 2.45) is 5.73 Å². The molecule has 1 aromatic rings. The number of carbonyl (C=O) groups excluding carboxylic acids is 1.